The van der Waals surface area contributed by atoms with E-state index in [1.165, 1.54) is 15.5 Å². The van der Waals surface area contributed by atoms with Crippen molar-refractivity contribution in [2.24, 2.45) is 0 Å². The van der Waals surface area contributed by atoms with Gasteiger partial charge < -0.3 is 40.7 Å². The average molecular weight is 785 g/mol. The van der Waals surface area contributed by atoms with Crippen molar-refractivity contribution >= 4 is 60.6 Å². The summed E-state index contributed by atoms with van der Waals surface area (Å²) < 4.78 is 46.4. The Bertz CT molecular complexity index is 2460. The fourth-order valence-electron chi connectivity index (χ4n) is 5.49. The second kappa shape index (κ2) is 14.4. The number of aromatic nitrogens is 8. The van der Waals surface area contributed by atoms with Crippen LogP contribution in [-0.4, -0.2) is 114 Å². The molecule has 6 rings (SSSR count). The molecule has 10 N–H and O–H groups in total. The molecule has 53 heavy (non-hydrogen) atoms. The summed E-state index contributed by atoms with van der Waals surface area (Å²) in [5, 5.41) is 42.0. The minimum Gasteiger partial charge on any atom is -0.388 e. The van der Waals surface area contributed by atoms with Crippen LogP contribution in [0.15, 0.2) is 34.4 Å². The molecule has 0 amide bonds. The van der Waals surface area contributed by atoms with Gasteiger partial charge in [0, 0.05) is 0 Å². The molecule has 1 aliphatic heterocycles. The predicted molar refractivity (Wildman–Crippen MR) is 175 cm³/mol. The third kappa shape index (κ3) is 7.80. The molecule has 24 nitrogen and oxygen atoms in total. The zero-order chi connectivity index (χ0) is 38.6. The molecule has 8 atom stereocenters. The number of fused-ring (bicyclic) bond motifs is 3. The summed E-state index contributed by atoms with van der Waals surface area (Å²) >= 11 is 0. The number of rotatable bonds is 13. The van der Waals surface area contributed by atoms with E-state index in [0.29, 0.717) is 0 Å². The molecule has 26 heteroatoms. The number of nitrogens with one attached hydrogen (secondary N) is 2. The molecule has 1 aromatic carbocycles. The number of imidazole rings is 1. The minimum atomic E-state index is -5.57. The molecule has 1 fully saturated rings. The van der Waals surface area contributed by atoms with Crippen molar-refractivity contribution in [3.05, 3.63) is 56.8 Å². The number of Topliss-reactive ketones (excluding diaryl/α,β-unsaturated/α-hetero) is 1. The highest BCUT2D eigenvalue weighted by molar-refractivity contribution is 7.61. The average Bonchev–Trinajstić information content (AvgIpc) is 3.63. The molecule has 284 valence electrons. The van der Waals surface area contributed by atoms with Gasteiger partial charge in [0.2, 0.25) is 11.3 Å². The van der Waals surface area contributed by atoms with Gasteiger partial charge in [-0.3, -0.25) is 28.2 Å². The Morgan fingerprint density at radius 1 is 1.04 bits per heavy atom. The highest BCUT2D eigenvalue weighted by atomic mass is 31.3. The van der Waals surface area contributed by atoms with Gasteiger partial charge in [-0.2, -0.15) is 9.29 Å². The van der Waals surface area contributed by atoms with Crippen molar-refractivity contribution in [2.75, 3.05) is 18.9 Å². The van der Waals surface area contributed by atoms with E-state index in [9.17, 15) is 53.7 Å². The quantitative estimate of drug-likeness (QED) is 0.0332. The van der Waals surface area contributed by atoms with Crippen LogP contribution in [0.2, 0.25) is 0 Å². The molecule has 5 heterocycles. The molecule has 2 unspecified atom stereocenters. The summed E-state index contributed by atoms with van der Waals surface area (Å²) in [5.41, 5.74) is 5.95. The number of phosphoric ester groups is 2. The van der Waals surface area contributed by atoms with E-state index in [1.54, 1.807) is 26.0 Å². The fraction of sp³-hybridized carbons (Fsp3) is 0.407. The summed E-state index contributed by atoms with van der Waals surface area (Å²) in [6.07, 6.45) is -8.34. The number of nitrogens with zero attached hydrogens (tertiary/aromatic N) is 6. The van der Waals surface area contributed by atoms with E-state index in [0.717, 1.165) is 17.5 Å². The van der Waals surface area contributed by atoms with Gasteiger partial charge in [0.1, 0.15) is 47.9 Å². The van der Waals surface area contributed by atoms with E-state index in [-0.39, 0.29) is 39.2 Å². The Balaban J connectivity index is 1.08. The normalized spacial score (nSPS) is 22.6. The van der Waals surface area contributed by atoms with Crippen LogP contribution in [-0.2, 0) is 38.6 Å². The van der Waals surface area contributed by atoms with E-state index < -0.39 is 89.2 Å². The smallest absolute Gasteiger partial charge is 0.388 e. The highest BCUT2D eigenvalue weighted by Crippen LogP contribution is 2.60. The molecular formula is C27H32N9O15P2+. The zero-order valence-electron chi connectivity index (χ0n) is 27.4. The van der Waals surface area contributed by atoms with Gasteiger partial charge in [0.15, 0.2) is 29.8 Å². The maximum absolute atomic E-state index is 13.1. The topological polar surface area (TPSA) is 362 Å². The van der Waals surface area contributed by atoms with Gasteiger partial charge in [-0.05, 0) is 37.1 Å². The van der Waals surface area contributed by atoms with Crippen molar-refractivity contribution < 1.29 is 66.8 Å². The Morgan fingerprint density at radius 3 is 2.47 bits per heavy atom. The summed E-state index contributed by atoms with van der Waals surface area (Å²) in [7, 11) is -11.1. The molecule has 4 aromatic heterocycles. The number of benzene rings is 1. The van der Waals surface area contributed by atoms with Crippen LogP contribution in [0, 0.1) is 13.8 Å². The second-order valence-corrected chi connectivity index (χ2v) is 15.0. The van der Waals surface area contributed by atoms with Crippen molar-refractivity contribution in [2.45, 2.75) is 57.1 Å². The molecule has 0 saturated carbocycles. The van der Waals surface area contributed by atoms with E-state index in [1.807, 2.05) is 4.98 Å². The molecule has 5 aromatic rings. The van der Waals surface area contributed by atoms with Crippen molar-refractivity contribution in [3.8, 4) is 0 Å². The van der Waals surface area contributed by atoms with Gasteiger partial charge in [-0.25, -0.2) is 38.4 Å². The number of aliphatic hydroxyl groups is 4. The fourth-order valence-corrected chi connectivity index (χ4v) is 7.58. The number of aliphatic hydroxyl groups excluding tert-OH is 4. The predicted octanol–water partition coefficient (Wildman–Crippen LogP) is -2.75. The standard InChI is InChI=1S/C27H31N9O15P2/c1-10-3-12-13(4-11(10)2)35(24-18(32-12)25(42)34-27(43)33-24)5-14(37)19(39)15(38)6-48-52(44,45)51-53(46,47)49-7-16-20(40)21(41)26(50-16)36-9-31-17-22(28)29-8-30-23(17)36/h3-4,8-9,15-16,19-21,26,38-41H,5-7H2,1-2H3,(H5,28,29,30,34,42,43,44,45,46,47)/p+1/t15-,16-,19-,20+,21+,26+/m0/s1. The number of hydrogen-bond acceptors (Lipinski definition) is 18. The number of ketones is 1. The number of nitrogens with two attached hydrogens (primary N) is 1. The van der Waals surface area contributed by atoms with Crippen LogP contribution < -0.4 is 21.5 Å². The van der Waals surface area contributed by atoms with Crippen LogP contribution in [0.4, 0.5) is 5.82 Å². The van der Waals surface area contributed by atoms with Crippen molar-refractivity contribution in [1.29, 1.82) is 0 Å². The van der Waals surface area contributed by atoms with Crippen LogP contribution >= 0.6 is 15.6 Å². The number of anilines is 1. The first-order valence-corrected chi connectivity index (χ1v) is 18.3. The molecule has 1 aliphatic rings. The summed E-state index contributed by atoms with van der Waals surface area (Å²) in [6.45, 7) is 0.548. The zero-order valence-corrected chi connectivity index (χ0v) is 29.2. The monoisotopic (exact) mass is 784 g/mol. The maximum atomic E-state index is 13.1. The lowest BCUT2D eigenvalue weighted by atomic mass is 10.1. The minimum absolute atomic E-state index is 0.0262. The molecule has 0 bridgehead atoms. The van der Waals surface area contributed by atoms with Crippen LogP contribution in [0.5, 0.6) is 0 Å². The molecular weight excluding hydrogens is 752 g/mol. The van der Waals surface area contributed by atoms with E-state index in [4.69, 9.17) is 10.5 Å². The number of carbonyl (C=O) groups is 1. The van der Waals surface area contributed by atoms with E-state index >= 15 is 0 Å². The Morgan fingerprint density at radius 2 is 1.74 bits per heavy atom. The Labute approximate surface area is 294 Å². The van der Waals surface area contributed by atoms with Crippen LogP contribution in [0.1, 0.15) is 17.4 Å². The van der Waals surface area contributed by atoms with Gasteiger partial charge in [0.25, 0.3) is 5.56 Å². The highest BCUT2D eigenvalue weighted by Gasteiger charge is 2.46. The second-order valence-electron chi connectivity index (χ2n) is 11.9. The number of aromatic amines is 2. The summed E-state index contributed by atoms with van der Waals surface area (Å²) in [4.78, 5) is 78.4. The Hall–Kier alpha value is -4.42. The summed E-state index contributed by atoms with van der Waals surface area (Å²) in [5.74, 6) is -1.09. The molecule has 0 radical (unpaired) electrons. The largest absolute Gasteiger partial charge is 0.481 e. The number of carbonyl (C=O) groups excluding carboxylic acids is 1. The molecule has 0 aliphatic carbocycles. The molecule has 0 spiro atoms. The number of nitrogen functional groups attached to an aromatic ring is 1. The van der Waals surface area contributed by atoms with Gasteiger partial charge in [-0.1, -0.05) is 0 Å². The first-order valence-electron chi connectivity index (χ1n) is 15.3. The van der Waals surface area contributed by atoms with Crippen molar-refractivity contribution in [3.63, 3.8) is 0 Å². The number of H-pyrrole nitrogens is 2. The molecule has 1 saturated heterocycles. The number of aryl methyl sites for hydroxylation is 2. The lowest BCUT2D eigenvalue weighted by molar-refractivity contribution is -0.634. The number of hydrogen-bond donors (Lipinski definition) is 9. The maximum Gasteiger partial charge on any atom is 0.481 e. The SMILES string of the molecule is Cc1cc2nc3c(=O)[nH]c(=O)[nH]c3[n+](CC(=O)[C@H](O)[C@@H](O)COP(=O)(O)OP(=O)(O)OC[C@@H]3O[C@@H](n4cnc5c(N)ncnc54)[C@H](O)[C@@H]3O)c2cc1C. The van der Waals surface area contributed by atoms with Gasteiger partial charge >= 0.3 is 27.0 Å². The van der Waals surface area contributed by atoms with E-state index in [2.05, 4.69) is 38.3 Å². The van der Waals surface area contributed by atoms with Gasteiger partial charge in [-0.15, -0.1) is 0 Å². The third-order valence-electron chi connectivity index (χ3n) is 8.31. The first kappa shape index (κ1) is 38.3. The first-order chi connectivity index (χ1) is 24.9. The van der Waals surface area contributed by atoms with Crippen molar-refractivity contribution in [1.82, 2.24) is 34.5 Å². The summed E-state index contributed by atoms with van der Waals surface area (Å²) in [6, 6.07) is 3.26. The van der Waals surface area contributed by atoms with Crippen LogP contribution in [0.25, 0.3) is 33.4 Å². The lowest BCUT2D eigenvalue weighted by Crippen LogP contribution is -2.48. The number of ether oxygens (including phenoxy) is 1. The lowest BCUT2D eigenvalue weighted by Gasteiger charge is -2.21. The Kier molecular flexibility index (Phi) is 10.4. The number of phosphoric acid groups is 2. The van der Waals surface area contributed by atoms with Gasteiger partial charge in [0.05, 0.1) is 19.5 Å². The third-order valence-corrected chi connectivity index (χ3v) is 10.9. The van der Waals surface area contributed by atoms with Crippen LogP contribution in [0.3, 0.4) is 0 Å².